The molecule has 0 aliphatic carbocycles. The van der Waals surface area contributed by atoms with Crippen molar-refractivity contribution < 1.29 is 9.53 Å². The maximum atomic E-state index is 12.1. The second-order valence-corrected chi connectivity index (χ2v) is 6.49. The largest absolute Gasteiger partial charge is 0.484 e. The minimum Gasteiger partial charge on any atom is -0.484 e. The molecule has 0 heterocycles. The lowest BCUT2D eigenvalue weighted by molar-refractivity contribution is -0.123. The van der Waals surface area contributed by atoms with Crippen molar-refractivity contribution in [1.29, 1.82) is 0 Å². The summed E-state index contributed by atoms with van der Waals surface area (Å²) in [6.45, 7) is 6.12. The predicted molar refractivity (Wildman–Crippen MR) is 96.7 cm³/mol. The molecule has 1 atom stereocenters. The average molecular weight is 376 g/mol. The van der Waals surface area contributed by atoms with Gasteiger partial charge in [-0.05, 0) is 49.6 Å². The Balaban J connectivity index is 1.92. The minimum absolute atomic E-state index is 0.0124. The molecule has 23 heavy (non-hydrogen) atoms. The Morgan fingerprint density at radius 2 is 1.87 bits per heavy atom. The number of benzene rings is 2. The van der Waals surface area contributed by atoms with E-state index in [9.17, 15) is 4.79 Å². The van der Waals surface area contributed by atoms with Crippen molar-refractivity contribution in [2.75, 3.05) is 6.61 Å². The van der Waals surface area contributed by atoms with Gasteiger partial charge in [-0.3, -0.25) is 4.79 Å². The summed E-state index contributed by atoms with van der Waals surface area (Å²) in [5, 5.41) is 3.03. The molecule has 1 N–H and O–H groups in total. The molecule has 3 nitrogen and oxygen atoms in total. The molecule has 0 fully saturated rings. The number of ether oxygens (including phenoxy) is 1. The van der Waals surface area contributed by atoms with E-state index in [1.807, 2.05) is 25.1 Å². The number of hydrogen-bond donors (Lipinski definition) is 1. The van der Waals surface area contributed by atoms with Gasteiger partial charge in [-0.2, -0.15) is 0 Å². The van der Waals surface area contributed by atoms with Crippen LogP contribution < -0.4 is 10.1 Å². The highest BCUT2D eigenvalue weighted by Crippen LogP contribution is 2.21. The molecule has 0 spiro atoms. The highest BCUT2D eigenvalue weighted by atomic mass is 79.9. The third kappa shape index (κ3) is 5.10. The van der Waals surface area contributed by atoms with E-state index in [1.54, 1.807) is 0 Å². The topological polar surface area (TPSA) is 38.3 Å². The first-order valence-electron chi connectivity index (χ1n) is 7.74. The Labute approximate surface area is 146 Å². The Kier molecular flexibility index (Phi) is 6.22. The lowest BCUT2D eigenvalue weighted by Crippen LogP contribution is -2.32. The average Bonchev–Trinajstić information content (AvgIpc) is 2.54. The van der Waals surface area contributed by atoms with Crippen molar-refractivity contribution in [1.82, 2.24) is 5.32 Å². The Bertz CT molecular complexity index is 668. The third-order valence-electron chi connectivity index (χ3n) is 3.72. The summed E-state index contributed by atoms with van der Waals surface area (Å²) in [7, 11) is 0. The predicted octanol–water partition coefficient (Wildman–Crippen LogP) is 4.71. The minimum atomic E-state index is -0.113. The van der Waals surface area contributed by atoms with E-state index in [-0.39, 0.29) is 18.6 Å². The molecule has 122 valence electrons. The van der Waals surface area contributed by atoms with Crippen molar-refractivity contribution >= 4 is 21.8 Å². The molecular weight excluding hydrogens is 354 g/mol. The van der Waals surface area contributed by atoms with Crippen molar-refractivity contribution in [3.63, 3.8) is 0 Å². The first-order valence-corrected chi connectivity index (χ1v) is 8.53. The number of rotatable bonds is 6. The van der Waals surface area contributed by atoms with Crippen LogP contribution in [0.15, 0.2) is 46.9 Å². The van der Waals surface area contributed by atoms with E-state index >= 15 is 0 Å². The molecule has 0 aliphatic rings. The van der Waals surface area contributed by atoms with Crippen LogP contribution in [0.25, 0.3) is 0 Å². The van der Waals surface area contributed by atoms with Gasteiger partial charge < -0.3 is 10.1 Å². The van der Waals surface area contributed by atoms with Gasteiger partial charge in [-0.1, -0.05) is 52.7 Å². The molecular formula is C19H22BrNO2. The van der Waals surface area contributed by atoms with Gasteiger partial charge in [0, 0.05) is 4.47 Å². The summed E-state index contributed by atoms with van der Waals surface area (Å²) in [5.41, 5.74) is 3.41. The fourth-order valence-corrected chi connectivity index (χ4v) is 2.56. The lowest BCUT2D eigenvalue weighted by atomic mass is 10.0. The Hall–Kier alpha value is -1.81. The molecule has 2 rings (SSSR count). The van der Waals surface area contributed by atoms with E-state index in [0.717, 1.165) is 22.0 Å². The van der Waals surface area contributed by atoms with Gasteiger partial charge >= 0.3 is 0 Å². The summed E-state index contributed by atoms with van der Waals surface area (Å²) in [6, 6.07) is 13.9. The molecule has 0 bridgehead atoms. The number of nitrogens with one attached hydrogen (secondary N) is 1. The molecule has 0 saturated heterocycles. The van der Waals surface area contributed by atoms with E-state index in [4.69, 9.17) is 4.74 Å². The zero-order chi connectivity index (χ0) is 16.8. The number of aryl methyl sites for hydroxylation is 2. The van der Waals surface area contributed by atoms with Crippen LogP contribution in [0.2, 0.25) is 0 Å². The molecule has 2 aromatic rings. The molecule has 0 aliphatic heterocycles. The van der Waals surface area contributed by atoms with E-state index in [1.165, 1.54) is 5.56 Å². The Morgan fingerprint density at radius 1 is 1.17 bits per heavy atom. The van der Waals surface area contributed by atoms with Crippen molar-refractivity contribution in [2.45, 2.75) is 33.2 Å². The van der Waals surface area contributed by atoms with Crippen LogP contribution in [0, 0.1) is 13.8 Å². The molecule has 4 heteroatoms. The SMILES string of the molecule is CC[C@H](NC(=O)COc1ccc(Br)c(C)c1)c1ccc(C)cc1. The molecule has 0 radical (unpaired) electrons. The van der Waals surface area contributed by atoms with Crippen LogP contribution in [0.5, 0.6) is 5.75 Å². The second-order valence-electron chi connectivity index (χ2n) is 5.64. The maximum absolute atomic E-state index is 12.1. The zero-order valence-electron chi connectivity index (χ0n) is 13.7. The third-order valence-corrected chi connectivity index (χ3v) is 4.61. The van der Waals surface area contributed by atoms with E-state index in [0.29, 0.717) is 5.75 Å². The summed E-state index contributed by atoms with van der Waals surface area (Å²) in [4.78, 5) is 12.1. The van der Waals surface area contributed by atoms with E-state index in [2.05, 4.69) is 59.4 Å². The smallest absolute Gasteiger partial charge is 0.258 e. The summed E-state index contributed by atoms with van der Waals surface area (Å²) >= 11 is 3.45. The number of amides is 1. The van der Waals surface area contributed by atoms with Gasteiger partial charge in [0.05, 0.1) is 6.04 Å². The maximum Gasteiger partial charge on any atom is 0.258 e. The molecule has 0 aromatic heterocycles. The van der Waals surface area contributed by atoms with Crippen LogP contribution >= 0.6 is 15.9 Å². The molecule has 1 amide bonds. The Morgan fingerprint density at radius 3 is 2.48 bits per heavy atom. The van der Waals surface area contributed by atoms with E-state index < -0.39 is 0 Å². The molecule has 2 aromatic carbocycles. The number of halogens is 1. The van der Waals surface area contributed by atoms with Crippen LogP contribution in [0.1, 0.15) is 36.1 Å². The van der Waals surface area contributed by atoms with Gasteiger partial charge in [0.1, 0.15) is 5.75 Å². The first-order chi connectivity index (χ1) is 11.0. The summed E-state index contributed by atoms with van der Waals surface area (Å²) in [6.07, 6.45) is 0.839. The fourth-order valence-electron chi connectivity index (χ4n) is 2.31. The first kappa shape index (κ1) is 17.5. The number of carbonyl (C=O) groups is 1. The van der Waals surface area contributed by atoms with Gasteiger partial charge in [0.2, 0.25) is 0 Å². The van der Waals surface area contributed by atoms with Gasteiger partial charge in [-0.15, -0.1) is 0 Å². The van der Waals surface area contributed by atoms with Crippen LogP contribution in [0.4, 0.5) is 0 Å². The monoisotopic (exact) mass is 375 g/mol. The van der Waals surface area contributed by atoms with Gasteiger partial charge in [0.25, 0.3) is 5.91 Å². The fraction of sp³-hybridized carbons (Fsp3) is 0.316. The normalized spacial score (nSPS) is 11.8. The standard InChI is InChI=1S/C19H22BrNO2/c1-4-18(15-7-5-13(2)6-8-15)21-19(22)12-23-16-9-10-17(20)14(3)11-16/h5-11,18H,4,12H2,1-3H3,(H,21,22)/t18-/m0/s1. The van der Waals surface area contributed by atoms with Gasteiger partial charge in [0.15, 0.2) is 6.61 Å². The van der Waals surface area contributed by atoms with Crippen LogP contribution in [0.3, 0.4) is 0 Å². The number of hydrogen-bond acceptors (Lipinski definition) is 2. The quantitative estimate of drug-likeness (QED) is 0.793. The second kappa shape index (κ2) is 8.16. The summed E-state index contributed by atoms with van der Waals surface area (Å²) in [5.74, 6) is 0.585. The lowest BCUT2D eigenvalue weighted by Gasteiger charge is -2.18. The molecule has 0 saturated carbocycles. The zero-order valence-corrected chi connectivity index (χ0v) is 15.3. The van der Waals surface area contributed by atoms with Crippen LogP contribution in [-0.2, 0) is 4.79 Å². The van der Waals surface area contributed by atoms with Crippen molar-refractivity contribution in [3.05, 3.63) is 63.6 Å². The van der Waals surface area contributed by atoms with Gasteiger partial charge in [-0.25, -0.2) is 0 Å². The van der Waals surface area contributed by atoms with Crippen molar-refractivity contribution in [3.8, 4) is 5.75 Å². The van der Waals surface area contributed by atoms with Crippen LogP contribution in [-0.4, -0.2) is 12.5 Å². The number of carbonyl (C=O) groups excluding carboxylic acids is 1. The highest BCUT2D eigenvalue weighted by molar-refractivity contribution is 9.10. The van der Waals surface area contributed by atoms with Crippen molar-refractivity contribution in [2.24, 2.45) is 0 Å². The highest BCUT2D eigenvalue weighted by Gasteiger charge is 2.13. The summed E-state index contributed by atoms with van der Waals surface area (Å²) < 4.78 is 6.60. The molecule has 0 unspecified atom stereocenters.